The van der Waals surface area contributed by atoms with Crippen molar-refractivity contribution in [2.45, 2.75) is 19.1 Å². The Kier molecular flexibility index (Phi) is 3.64. The fraction of sp³-hybridized carbons (Fsp3) is 0.538. The van der Waals surface area contributed by atoms with Gasteiger partial charge in [-0.25, -0.2) is 4.39 Å². The van der Waals surface area contributed by atoms with E-state index in [0.29, 0.717) is 17.3 Å². The molecule has 1 saturated heterocycles. The van der Waals surface area contributed by atoms with Gasteiger partial charge in [0, 0.05) is 24.7 Å². The highest BCUT2D eigenvalue weighted by atomic mass is 19.1. The second kappa shape index (κ2) is 5.02. The lowest BCUT2D eigenvalue weighted by Crippen LogP contribution is -2.32. The van der Waals surface area contributed by atoms with Crippen LogP contribution in [0, 0.1) is 5.82 Å². The predicted molar refractivity (Wildman–Crippen MR) is 66.6 cm³/mol. The Balaban J connectivity index is 2.24. The number of halogens is 1. The van der Waals surface area contributed by atoms with Gasteiger partial charge in [-0.05, 0) is 26.6 Å². The first-order valence-electron chi connectivity index (χ1n) is 5.93. The van der Waals surface area contributed by atoms with Crippen LogP contribution in [-0.2, 0) is 6.61 Å². The van der Waals surface area contributed by atoms with E-state index in [4.69, 9.17) is 0 Å². The molecule has 1 N–H and O–H groups in total. The van der Waals surface area contributed by atoms with Crippen molar-refractivity contribution in [1.29, 1.82) is 0 Å². The average Bonchev–Trinajstić information content (AvgIpc) is 2.77. The van der Waals surface area contributed by atoms with Gasteiger partial charge < -0.3 is 14.9 Å². The van der Waals surface area contributed by atoms with Crippen molar-refractivity contribution in [3.8, 4) is 0 Å². The highest BCUT2D eigenvalue weighted by Crippen LogP contribution is 2.28. The van der Waals surface area contributed by atoms with Crippen LogP contribution < -0.4 is 4.90 Å². The maximum atomic E-state index is 13.9. The van der Waals surface area contributed by atoms with Crippen LogP contribution in [0.4, 0.5) is 10.1 Å². The van der Waals surface area contributed by atoms with E-state index in [0.717, 1.165) is 19.5 Å². The summed E-state index contributed by atoms with van der Waals surface area (Å²) in [5, 5.41) is 9.27. The van der Waals surface area contributed by atoms with Gasteiger partial charge in [0.2, 0.25) is 0 Å². The lowest BCUT2D eigenvalue weighted by Gasteiger charge is -2.24. The molecule has 3 nitrogen and oxygen atoms in total. The van der Waals surface area contributed by atoms with Crippen molar-refractivity contribution < 1.29 is 9.50 Å². The summed E-state index contributed by atoms with van der Waals surface area (Å²) in [5.74, 6) is -0.240. The zero-order chi connectivity index (χ0) is 12.4. The number of aliphatic hydroxyl groups excluding tert-OH is 1. The molecule has 1 fully saturated rings. The molecule has 1 heterocycles. The van der Waals surface area contributed by atoms with Crippen LogP contribution in [0.25, 0.3) is 0 Å². The summed E-state index contributed by atoms with van der Waals surface area (Å²) < 4.78 is 13.9. The summed E-state index contributed by atoms with van der Waals surface area (Å²) in [7, 11) is 4.09. The molecule has 1 aromatic rings. The molecule has 17 heavy (non-hydrogen) atoms. The van der Waals surface area contributed by atoms with E-state index >= 15 is 0 Å². The predicted octanol–water partition coefficient (Wildman–Crippen LogP) is 1.46. The zero-order valence-corrected chi connectivity index (χ0v) is 10.4. The van der Waals surface area contributed by atoms with E-state index in [9.17, 15) is 9.50 Å². The third-order valence-corrected chi connectivity index (χ3v) is 3.45. The molecule has 1 aliphatic rings. The molecule has 1 atom stereocenters. The number of rotatable bonds is 3. The van der Waals surface area contributed by atoms with Gasteiger partial charge in [0.15, 0.2) is 0 Å². The first kappa shape index (κ1) is 12.3. The molecular weight excluding hydrogens is 219 g/mol. The van der Waals surface area contributed by atoms with Crippen LogP contribution in [0.1, 0.15) is 12.0 Å². The SMILES string of the molecule is CN(C)C1CCN(c2c(F)cccc2CO)C1. The van der Waals surface area contributed by atoms with E-state index in [2.05, 4.69) is 4.90 Å². The minimum atomic E-state index is -0.240. The van der Waals surface area contributed by atoms with Gasteiger partial charge in [-0.15, -0.1) is 0 Å². The van der Waals surface area contributed by atoms with Gasteiger partial charge in [-0.2, -0.15) is 0 Å². The second-order valence-electron chi connectivity index (χ2n) is 4.76. The quantitative estimate of drug-likeness (QED) is 0.863. The summed E-state index contributed by atoms with van der Waals surface area (Å²) in [5.41, 5.74) is 1.24. The Morgan fingerprint density at radius 2 is 2.24 bits per heavy atom. The lowest BCUT2D eigenvalue weighted by molar-refractivity contribution is 0.281. The van der Waals surface area contributed by atoms with Crippen molar-refractivity contribution in [3.63, 3.8) is 0 Å². The first-order valence-corrected chi connectivity index (χ1v) is 5.93. The number of hydrogen-bond donors (Lipinski definition) is 1. The molecule has 0 spiro atoms. The second-order valence-corrected chi connectivity index (χ2v) is 4.76. The molecule has 1 aliphatic heterocycles. The summed E-state index contributed by atoms with van der Waals surface area (Å²) >= 11 is 0. The van der Waals surface area contributed by atoms with Crippen molar-refractivity contribution in [2.75, 3.05) is 32.1 Å². The number of benzene rings is 1. The average molecular weight is 238 g/mol. The number of aliphatic hydroxyl groups is 1. The maximum Gasteiger partial charge on any atom is 0.146 e. The van der Waals surface area contributed by atoms with E-state index in [-0.39, 0.29) is 12.4 Å². The topological polar surface area (TPSA) is 26.7 Å². The van der Waals surface area contributed by atoms with Gasteiger partial charge in [0.1, 0.15) is 5.82 Å². The molecule has 0 aromatic heterocycles. The van der Waals surface area contributed by atoms with Gasteiger partial charge in [0.25, 0.3) is 0 Å². The van der Waals surface area contributed by atoms with E-state index in [1.54, 1.807) is 12.1 Å². The smallest absolute Gasteiger partial charge is 0.146 e. The molecular formula is C13H19FN2O. The third-order valence-electron chi connectivity index (χ3n) is 3.45. The van der Waals surface area contributed by atoms with Crippen LogP contribution in [-0.4, -0.2) is 43.2 Å². The molecule has 0 amide bonds. The maximum absolute atomic E-state index is 13.9. The van der Waals surface area contributed by atoms with Crippen LogP contribution in [0.15, 0.2) is 18.2 Å². The van der Waals surface area contributed by atoms with Crippen molar-refractivity contribution in [3.05, 3.63) is 29.6 Å². The Labute approximate surface area is 101 Å². The number of likely N-dealkylation sites (N-methyl/N-ethyl adjacent to an activating group) is 1. The highest BCUT2D eigenvalue weighted by Gasteiger charge is 2.27. The summed E-state index contributed by atoms with van der Waals surface area (Å²) in [4.78, 5) is 4.20. The molecule has 0 radical (unpaired) electrons. The van der Waals surface area contributed by atoms with Crippen LogP contribution >= 0.6 is 0 Å². The number of hydrogen-bond acceptors (Lipinski definition) is 3. The van der Waals surface area contributed by atoms with Crippen molar-refractivity contribution in [2.24, 2.45) is 0 Å². The molecule has 4 heteroatoms. The number of anilines is 1. The fourth-order valence-electron chi connectivity index (χ4n) is 2.41. The molecule has 1 aromatic carbocycles. The molecule has 0 saturated carbocycles. The standard InChI is InChI=1S/C13H19FN2O/c1-15(2)11-6-7-16(8-11)13-10(9-17)4-3-5-12(13)14/h3-5,11,17H,6-9H2,1-2H3. The molecule has 0 bridgehead atoms. The van der Waals surface area contributed by atoms with Crippen LogP contribution in [0.3, 0.4) is 0 Å². The third kappa shape index (κ3) is 2.42. The van der Waals surface area contributed by atoms with E-state index in [1.807, 2.05) is 19.0 Å². The monoisotopic (exact) mass is 238 g/mol. The fourth-order valence-corrected chi connectivity index (χ4v) is 2.41. The largest absolute Gasteiger partial charge is 0.392 e. The minimum Gasteiger partial charge on any atom is -0.392 e. The summed E-state index contributed by atoms with van der Waals surface area (Å²) in [6, 6.07) is 5.34. The Morgan fingerprint density at radius 1 is 1.47 bits per heavy atom. The molecule has 2 rings (SSSR count). The summed E-state index contributed by atoms with van der Waals surface area (Å²) in [6.07, 6.45) is 1.03. The minimum absolute atomic E-state index is 0.115. The van der Waals surface area contributed by atoms with Gasteiger partial charge in [-0.3, -0.25) is 0 Å². The zero-order valence-electron chi connectivity index (χ0n) is 10.4. The lowest BCUT2D eigenvalue weighted by atomic mass is 10.1. The van der Waals surface area contributed by atoms with E-state index < -0.39 is 0 Å². The van der Waals surface area contributed by atoms with Gasteiger partial charge >= 0.3 is 0 Å². The number of para-hydroxylation sites is 1. The Morgan fingerprint density at radius 3 is 2.82 bits per heavy atom. The van der Waals surface area contributed by atoms with Crippen LogP contribution in [0.2, 0.25) is 0 Å². The first-order chi connectivity index (χ1) is 8.13. The van der Waals surface area contributed by atoms with Crippen LogP contribution in [0.5, 0.6) is 0 Å². The Hall–Kier alpha value is -1.13. The number of nitrogens with zero attached hydrogens (tertiary/aromatic N) is 2. The van der Waals surface area contributed by atoms with Gasteiger partial charge in [-0.1, -0.05) is 12.1 Å². The molecule has 0 aliphatic carbocycles. The van der Waals surface area contributed by atoms with Crippen molar-refractivity contribution in [1.82, 2.24) is 4.90 Å². The molecule has 1 unspecified atom stereocenters. The summed E-state index contributed by atoms with van der Waals surface area (Å²) in [6.45, 7) is 1.55. The van der Waals surface area contributed by atoms with E-state index in [1.165, 1.54) is 6.07 Å². The normalized spacial score (nSPS) is 20.3. The Bertz CT molecular complexity index is 395. The van der Waals surface area contributed by atoms with Crippen molar-refractivity contribution >= 4 is 5.69 Å². The van der Waals surface area contributed by atoms with Gasteiger partial charge in [0.05, 0.1) is 12.3 Å². The highest BCUT2D eigenvalue weighted by molar-refractivity contribution is 5.55. The molecule has 94 valence electrons.